The van der Waals surface area contributed by atoms with Crippen LogP contribution < -0.4 is 24.8 Å². The molecule has 0 aromatic heterocycles. The second-order valence-electron chi connectivity index (χ2n) is 7.88. The van der Waals surface area contributed by atoms with Gasteiger partial charge in [-0.15, -0.1) is 0 Å². The minimum atomic E-state index is -0.747. The first-order valence-corrected chi connectivity index (χ1v) is 10.8. The first kappa shape index (κ1) is 24.0. The number of hydrogen-bond donors (Lipinski definition) is 2. The lowest BCUT2D eigenvalue weighted by molar-refractivity contribution is -0.138. The van der Waals surface area contributed by atoms with Crippen molar-refractivity contribution in [2.24, 2.45) is 5.92 Å². The van der Waals surface area contributed by atoms with E-state index in [1.165, 1.54) is 0 Å². The summed E-state index contributed by atoms with van der Waals surface area (Å²) in [5.41, 5.74) is 1.98. The molecule has 2 aromatic carbocycles. The van der Waals surface area contributed by atoms with E-state index >= 15 is 0 Å². The molecule has 0 radical (unpaired) electrons. The van der Waals surface area contributed by atoms with Gasteiger partial charge >= 0.3 is 12.0 Å². The minimum absolute atomic E-state index is 0.199. The Morgan fingerprint density at radius 2 is 1.76 bits per heavy atom. The van der Waals surface area contributed by atoms with E-state index in [4.69, 9.17) is 18.9 Å². The second-order valence-corrected chi connectivity index (χ2v) is 7.88. The summed E-state index contributed by atoms with van der Waals surface area (Å²) in [4.78, 5) is 25.6. The fourth-order valence-electron chi connectivity index (χ4n) is 3.47. The molecule has 1 unspecified atom stereocenters. The van der Waals surface area contributed by atoms with Crippen LogP contribution in [0.2, 0.25) is 0 Å². The van der Waals surface area contributed by atoms with Crippen LogP contribution in [0.5, 0.6) is 17.2 Å². The van der Waals surface area contributed by atoms with Gasteiger partial charge in [-0.2, -0.15) is 0 Å². The lowest BCUT2D eigenvalue weighted by atomic mass is 9.92. The van der Waals surface area contributed by atoms with Crippen molar-refractivity contribution < 1.29 is 28.5 Å². The van der Waals surface area contributed by atoms with Crippen LogP contribution in [0.1, 0.15) is 37.9 Å². The van der Waals surface area contributed by atoms with Gasteiger partial charge in [0, 0.05) is 0 Å². The quantitative estimate of drug-likeness (QED) is 0.555. The second kappa shape index (κ2) is 10.8. The zero-order valence-corrected chi connectivity index (χ0v) is 19.6. The van der Waals surface area contributed by atoms with Gasteiger partial charge in [0.25, 0.3) is 0 Å². The van der Waals surface area contributed by atoms with Gasteiger partial charge in [-0.1, -0.05) is 19.9 Å². The smallest absolute Gasteiger partial charge is 0.338 e. The summed E-state index contributed by atoms with van der Waals surface area (Å²) in [5.74, 6) is 1.58. The molecule has 0 aliphatic carbocycles. The number of amides is 2. The molecule has 2 aromatic rings. The standard InChI is InChI=1S/C25H30N2O6/c1-6-32-24(28)21-22(16-7-10-18(30-4)11-8-16)26-25(29)27-23(21)17-9-12-19(20(13-17)31-5)33-14-15(2)3/h7-13,15,23H,6,14H2,1-5H3,(H2,26,27,29). The number of urea groups is 1. The van der Waals surface area contributed by atoms with Crippen LogP contribution in [0.15, 0.2) is 48.0 Å². The van der Waals surface area contributed by atoms with Crippen molar-refractivity contribution in [3.63, 3.8) is 0 Å². The van der Waals surface area contributed by atoms with Gasteiger partial charge in [0.2, 0.25) is 0 Å². The van der Waals surface area contributed by atoms with Crippen molar-refractivity contribution in [3.05, 3.63) is 59.2 Å². The van der Waals surface area contributed by atoms with Crippen molar-refractivity contribution in [2.45, 2.75) is 26.8 Å². The van der Waals surface area contributed by atoms with E-state index in [-0.39, 0.29) is 6.61 Å². The van der Waals surface area contributed by atoms with Crippen LogP contribution in [0, 0.1) is 5.92 Å². The number of methoxy groups -OCH3 is 2. The first-order valence-electron chi connectivity index (χ1n) is 10.8. The van der Waals surface area contributed by atoms with Gasteiger partial charge in [0.1, 0.15) is 5.75 Å². The van der Waals surface area contributed by atoms with Gasteiger partial charge in [-0.25, -0.2) is 9.59 Å². The Hall–Kier alpha value is -3.68. The van der Waals surface area contributed by atoms with E-state index in [2.05, 4.69) is 24.5 Å². The molecule has 8 nitrogen and oxygen atoms in total. The Kier molecular flexibility index (Phi) is 7.82. The highest BCUT2D eigenvalue weighted by atomic mass is 16.5. The van der Waals surface area contributed by atoms with E-state index in [1.54, 1.807) is 63.6 Å². The van der Waals surface area contributed by atoms with E-state index in [0.717, 1.165) is 0 Å². The van der Waals surface area contributed by atoms with Crippen molar-refractivity contribution >= 4 is 17.7 Å². The molecule has 0 spiro atoms. The van der Waals surface area contributed by atoms with Gasteiger partial charge in [-0.05, 0) is 60.4 Å². The molecule has 0 saturated carbocycles. The van der Waals surface area contributed by atoms with Crippen LogP contribution in [0.3, 0.4) is 0 Å². The average molecular weight is 455 g/mol. The minimum Gasteiger partial charge on any atom is -0.497 e. The maximum atomic E-state index is 13.0. The van der Waals surface area contributed by atoms with E-state index in [0.29, 0.717) is 52.2 Å². The Balaban J connectivity index is 2.09. The predicted molar refractivity (Wildman–Crippen MR) is 124 cm³/mol. The number of carbonyl (C=O) groups is 2. The molecule has 1 aliphatic heterocycles. The molecule has 8 heteroatoms. The van der Waals surface area contributed by atoms with Gasteiger partial charge in [-0.3, -0.25) is 0 Å². The molecular weight excluding hydrogens is 424 g/mol. The Labute approximate surface area is 193 Å². The maximum absolute atomic E-state index is 13.0. The zero-order chi connectivity index (χ0) is 24.0. The molecule has 0 bridgehead atoms. The predicted octanol–water partition coefficient (Wildman–Crippen LogP) is 4.07. The highest BCUT2D eigenvalue weighted by Crippen LogP contribution is 2.37. The van der Waals surface area contributed by atoms with E-state index in [1.807, 2.05) is 0 Å². The molecule has 33 heavy (non-hydrogen) atoms. The fraction of sp³-hybridized carbons (Fsp3) is 0.360. The SMILES string of the molecule is CCOC(=O)C1=C(c2ccc(OC)cc2)NC(=O)NC1c1ccc(OCC(C)C)c(OC)c1. The van der Waals surface area contributed by atoms with Crippen molar-refractivity contribution in [2.75, 3.05) is 27.4 Å². The van der Waals surface area contributed by atoms with Gasteiger partial charge in [0.05, 0.1) is 44.7 Å². The summed E-state index contributed by atoms with van der Waals surface area (Å²) < 4.78 is 21.9. The topological polar surface area (TPSA) is 95.1 Å². The molecule has 0 saturated heterocycles. The Morgan fingerprint density at radius 1 is 1.03 bits per heavy atom. The summed E-state index contributed by atoms with van der Waals surface area (Å²) in [6.07, 6.45) is 0. The van der Waals surface area contributed by atoms with Gasteiger partial charge in [0.15, 0.2) is 11.5 Å². The normalized spacial score (nSPS) is 15.6. The highest BCUT2D eigenvalue weighted by molar-refractivity contribution is 6.04. The maximum Gasteiger partial charge on any atom is 0.338 e. The van der Waals surface area contributed by atoms with Crippen molar-refractivity contribution in [3.8, 4) is 17.2 Å². The first-order chi connectivity index (χ1) is 15.9. The molecule has 3 rings (SSSR count). The van der Waals surface area contributed by atoms with E-state index < -0.39 is 18.0 Å². The third-order valence-electron chi connectivity index (χ3n) is 5.04. The number of esters is 1. The Morgan fingerprint density at radius 3 is 2.36 bits per heavy atom. The number of ether oxygens (including phenoxy) is 4. The number of benzene rings is 2. The summed E-state index contributed by atoms with van der Waals surface area (Å²) in [7, 11) is 3.12. The third-order valence-corrected chi connectivity index (χ3v) is 5.04. The molecule has 176 valence electrons. The van der Waals surface area contributed by atoms with Crippen molar-refractivity contribution in [1.82, 2.24) is 10.6 Å². The fourth-order valence-corrected chi connectivity index (χ4v) is 3.47. The lowest BCUT2D eigenvalue weighted by Crippen LogP contribution is -2.45. The summed E-state index contributed by atoms with van der Waals surface area (Å²) in [6.45, 7) is 6.59. The molecule has 1 aliphatic rings. The van der Waals surface area contributed by atoms with Crippen LogP contribution in [-0.4, -0.2) is 39.4 Å². The number of rotatable bonds is 9. The molecule has 1 heterocycles. The third kappa shape index (κ3) is 5.58. The van der Waals surface area contributed by atoms with Crippen LogP contribution in [0.4, 0.5) is 4.79 Å². The lowest BCUT2D eigenvalue weighted by Gasteiger charge is -2.30. The summed E-state index contributed by atoms with van der Waals surface area (Å²) >= 11 is 0. The van der Waals surface area contributed by atoms with Crippen molar-refractivity contribution in [1.29, 1.82) is 0 Å². The average Bonchev–Trinajstić information content (AvgIpc) is 2.82. The number of nitrogens with one attached hydrogen (secondary N) is 2. The summed E-state index contributed by atoms with van der Waals surface area (Å²) in [6, 6.07) is 11.2. The molecule has 0 fully saturated rings. The largest absolute Gasteiger partial charge is 0.497 e. The summed E-state index contributed by atoms with van der Waals surface area (Å²) in [5, 5.41) is 5.60. The van der Waals surface area contributed by atoms with Gasteiger partial charge < -0.3 is 29.6 Å². The number of hydrogen-bond acceptors (Lipinski definition) is 6. The highest BCUT2D eigenvalue weighted by Gasteiger charge is 2.34. The molecule has 1 atom stereocenters. The zero-order valence-electron chi connectivity index (χ0n) is 19.6. The van der Waals surface area contributed by atoms with Crippen LogP contribution >= 0.6 is 0 Å². The molecule has 2 amide bonds. The van der Waals surface area contributed by atoms with Crippen LogP contribution in [0.25, 0.3) is 5.70 Å². The van der Waals surface area contributed by atoms with Crippen LogP contribution in [-0.2, 0) is 9.53 Å². The molecular formula is C25H30N2O6. The van der Waals surface area contributed by atoms with E-state index in [9.17, 15) is 9.59 Å². The Bertz CT molecular complexity index is 1030. The molecule has 2 N–H and O–H groups in total. The monoisotopic (exact) mass is 454 g/mol. The number of carbonyl (C=O) groups excluding carboxylic acids is 2.